The summed E-state index contributed by atoms with van der Waals surface area (Å²) in [6.45, 7) is 4.04. The minimum atomic E-state index is -0.542. The number of rotatable bonds is 7. The molecule has 1 atom stereocenters. The van der Waals surface area contributed by atoms with Gasteiger partial charge in [0.25, 0.3) is 0 Å². The van der Waals surface area contributed by atoms with E-state index in [-0.39, 0.29) is 16.6 Å². The number of nitriles is 1. The Hall–Kier alpha value is -3.78. The standard InChI is InChI=1S/C27H20BrCl2FN8/c1-14(2)39-13-24(37-38-39)26(15-5-17(28)12-33-10-15)36-19-6-20-25(35-18-3-4-23(31)21(29)7-18)16(9-32)11-34-27(20)22(30)8-19/h3-8,10-14,26,36H,1-2H3,(H,34,35)/t26-/m0/s1. The van der Waals surface area contributed by atoms with Crippen molar-refractivity contribution in [1.29, 1.82) is 5.26 Å². The van der Waals surface area contributed by atoms with Gasteiger partial charge in [-0.3, -0.25) is 9.97 Å². The molecule has 0 amide bonds. The van der Waals surface area contributed by atoms with Gasteiger partial charge in [0, 0.05) is 45.9 Å². The van der Waals surface area contributed by atoms with E-state index in [1.165, 1.54) is 24.4 Å². The molecular weight excluding hydrogens is 606 g/mol. The highest BCUT2D eigenvalue weighted by atomic mass is 79.9. The first kappa shape index (κ1) is 26.8. The minimum absolute atomic E-state index is 0.0443. The fraction of sp³-hybridized carbons (Fsp3) is 0.148. The molecule has 2 aromatic carbocycles. The number of halogens is 4. The van der Waals surface area contributed by atoms with Crippen molar-refractivity contribution in [2.24, 2.45) is 0 Å². The smallest absolute Gasteiger partial charge is 0.141 e. The van der Waals surface area contributed by atoms with E-state index in [1.807, 2.05) is 32.2 Å². The van der Waals surface area contributed by atoms with E-state index in [0.29, 0.717) is 38.7 Å². The van der Waals surface area contributed by atoms with E-state index >= 15 is 0 Å². The van der Waals surface area contributed by atoms with Crippen LogP contribution in [0.1, 0.15) is 42.8 Å². The van der Waals surface area contributed by atoms with Crippen LogP contribution < -0.4 is 10.6 Å². The molecule has 12 heteroatoms. The van der Waals surface area contributed by atoms with Crippen molar-refractivity contribution in [2.45, 2.75) is 25.9 Å². The number of nitrogens with one attached hydrogen (secondary N) is 2. The Morgan fingerprint density at radius 3 is 2.54 bits per heavy atom. The molecule has 3 aromatic heterocycles. The Morgan fingerprint density at radius 1 is 1.05 bits per heavy atom. The molecule has 0 saturated heterocycles. The molecular formula is C27H20BrCl2FN8. The van der Waals surface area contributed by atoms with Crippen LogP contribution in [0.3, 0.4) is 0 Å². The second-order valence-corrected chi connectivity index (χ2v) is 10.7. The first-order chi connectivity index (χ1) is 18.7. The van der Waals surface area contributed by atoms with Crippen LogP contribution in [0.15, 0.2) is 65.7 Å². The normalized spacial score (nSPS) is 11.9. The molecule has 0 fully saturated rings. The summed E-state index contributed by atoms with van der Waals surface area (Å²) in [6, 6.07) is 11.6. The van der Waals surface area contributed by atoms with Gasteiger partial charge < -0.3 is 10.6 Å². The average molecular weight is 626 g/mol. The first-order valence-corrected chi connectivity index (χ1v) is 13.3. The van der Waals surface area contributed by atoms with Crippen LogP contribution in [0, 0.1) is 17.1 Å². The van der Waals surface area contributed by atoms with Gasteiger partial charge >= 0.3 is 0 Å². The second kappa shape index (κ2) is 11.1. The van der Waals surface area contributed by atoms with E-state index in [2.05, 4.69) is 52.9 Å². The van der Waals surface area contributed by atoms with Crippen molar-refractivity contribution in [1.82, 2.24) is 25.0 Å². The summed E-state index contributed by atoms with van der Waals surface area (Å²) in [5.41, 5.74) is 3.91. The number of nitrogens with zero attached hydrogens (tertiary/aromatic N) is 6. The SMILES string of the molecule is CC(C)n1cc([C@@H](Nc2cc(Cl)c3ncc(C#N)c(Nc4ccc(F)c(Cl)c4)c3c2)c2cncc(Br)c2)nn1. The molecule has 0 aliphatic rings. The number of fused-ring (bicyclic) bond motifs is 1. The Labute approximate surface area is 241 Å². The lowest BCUT2D eigenvalue weighted by atomic mass is 10.0. The Bertz CT molecular complexity index is 1730. The van der Waals surface area contributed by atoms with E-state index in [1.54, 1.807) is 23.1 Å². The molecule has 2 N–H and O–H groups in total. The van der Waals surface area contributed by atoms with Gasteiger partial charge in [0.05, 0.1) is 39.1 Å². The Balaban J connectivity index is 1.62. The van der Waals surface area contributed by atoms with Crippen molar-refractivity contribution in [3.8, 4) is 6.07 Å². The lowest BCUT2D eigenvalue weighted by Crippen LogP contribution is -2.13. The fourth-order valence-corrected chi connectivity index (χ4v) is 4.87. The lowest BCUT2D eigenvalue weighted by Gasteiger charge is -2.20. The fourth-order valence-electron chi connectivity index (χ4n) is 4.04. The maximum Gasteiger partial charge on any atom is 0.141 e. The van der Waals surface area contributed by atoms with Crippen LogP contribution in [0.25, 0.3) is 10.9 Å². The quantitative estimate of drug-likeness (QED) is 0.190. The van der Waals surface area contributed by atoms with Crippen molar-refractivity contribution in [3.63, 3.8) is 0 Å². The summed E-state index contributed by atoms with van der Waals surface area (Å²) < 4.78 is 16.3. The maximum atomic E-state index is 13.7. The highest BCUT2D eigenvalue weighted by molar-refractivity contribution is 9.10. The van der Waals surface area contributed by atoms with E-state index in [0.717, 1.165) is 10.0 Å². The average Bonchev–Trinajstić information content (AvgIpc) is 3.40. The molecule has 0 bridgehead atoms. The number of hydrogen-bond donors (Lipinski definition) is 2. The van der Waals surface area contributed by atoms with E-state index < -0.39 is 11.9 Å². The summed E-state index contributed by atoms with van der Waals surface area (Å²) in [4.78, 5) is 8.72. The highest BCUT2D eigenvalue weighted by Crippen LogP contribution is 2.37. The number of hydrogen-bond acceptors (Lipinski definition) is 7. The molecule has 3 heterocycles. The van der Waals surface area contributed by atoms with Crippen molar-refractivity contribution in [2.75, 3.05) is 10.6 Å². The van der Waals surface area contributed by atoms with Crippen molar-refractivity contribution in [3.05, 3.63) is 98.3 Å². The third-order valence-corrected chi connectivity index (χ3v) is 6.97. The van der Waals surface area contributed by atoms with Gasteiger partial charge in [-0.15, -0.1) is 5.10 Å². The number of anilines is 3. The predicted molar refractivity (Wildman–Crippen MR) is 154 cm³/mol. The van der Waals surface area contributed by atoms with Gasteiger partial charge in [0.15, 0.2) is 0 Å². The van der Waals surface area contributed by atoms with Crippen molar-refractivity contribution >= 4 is 67.1 Å². The van der Waals surface area contributed by atoms with Gasteiger partial charge in [-0.2, -0.15) is 5.26 Å². The molecule has 0 unspecified atom stereocenters. The lowest BCUT2D eigenvalue weighted by molar-refractivity contribution is 0.514. The van der Waals surface area contributed by atoms with Gasteiger partial charge in [0.2, 0.25) is 0 Å². The highest BCUT2D eigenvalue weighted by Gasteiger charge is 2.21. The van der Waals surface area contributed by atoms with Crippen LogP contribution in [0.5, 0.6) is 0 Å². The molecule has 5 rings (SSSR count). The largest absolute Gasteiger partial charge is 0.373 e. The number of benzene rings is 2. The number of pyridine rings is 2. The Kier molecular flexibility index (Phi) is 7.66. The van der Waals surface area contributed by atoms with E-state index in [4.69, 9.17) is 23.2 Å². The summed E-state index contributed by atoms with van der Waals surface area (Å²) in [5, 5.41) is 26.1. The van der Waals surface area contributed by atoms with Gasteiger partial charge in [-0.1, -0.05) is 28.4 Å². The Morgan fingerprint density at radius 2 is 1.85 bits per heavy atom. The third kappa shape index (κ3) is 5.66. The molecule has 8 nitrogen and oxygen atoms in total. The van der Waals surface area contributed by atoms with Crippen LogP contribution in [0.2, 0.25) is 10.0 Å². The molecule has 39 heavy (non-hydrogen) atoms. The second-order valence-electron chi connectivity index (χ2n) is 9.00. The zero-order valence-electron chi connectivity index (χ0n) is 20.6. The van der Waals surface area contributed by atoms with Crippen LogP contribution in [0.4, 0.5) is 21.5 Å². The minimum Gasteiger partial charge on any atom is -0.373 e. The van der Waals surface area contributed by atoms with Gasteiger partial charge in [-0.05, 0) is 71.7 Å². The van der Waals surface area contributed by atoms with Crippen LogP contribution in [-0.4, -0.2) is 25.0 Å². The summed E-state index contributed by atoms with van der Waals surface area (Å²) in [5.74, 6) is -0.542. The molecule has 5 aromatic rings. The van der Waals surface area contributed by atoms with Gasteiger partial charge in [-0.25, -0.2) is 9.07 Å². The first-order valence-electron chi connectivity index (χ1n) is 11.8. The maximum absolute atomic E-state index is 13.7. The molecule has 0 aliphatic carbocycles. The molecule has 0 aliphatic heterocycles. The van der Waals surface area contributed by atoms with Crippen molar-refractivity contribution < 1.29 is 4.39 Å². The zero-order valence-corrected chi connectivity index (χ0v) is 23.7. The third-order valence-electron chi connectivity index (χ3n) is 5.96. The molecule has 0 spiro atoms. The summed E-state index contributed by atoms with van der Waals surface area (Å²) >= 11 is 16.2. The molecule has 0 radical (unpaired) electrons. The molecule has 0 saturated carbocycles. The van der Waals surface area contributed by atoms with E-state index in [9.17, 15) is 9.65 Å². The molecule has 196 valence electrons. The topological polar surface area (TPSA) is 104 Å². The zero-order chi connectivity index (χ0) is 27.7. The van der Waals surface area contributed by atoms with Crippen LogP contribution >= 0.6 is 39.1 Å². The van der Waals surface area contributed by atoms with Gasteiger partial charge in [0.1, 0.15) is 17.6 Å². The summed E-state index contributed by atoms with van der Waals surface area (Å²) in [7, 11) is 0. The monoisotopic (exact) mass is 624 g/mol. The van der Waals surface area contributed by atoms with Crippen LogP contribution in [-0.2, 0) is 0 Å². The summed E-state index contributed by atoms with van der Waals surface area (Å²) in [6.07, 6.45) is 6.77. The predicted octanol–water partition coefficient (Wildman–Crippen LogP) is 7.83. The number of aromatic nitrogens is 5.